The Bertz CT molecular complexity index is 267. The van der Waals surface area contributed by atoms with E-state index in [4.69, 9.17) is 5.11 Å². The highest BCUT2D eigenvalue weighted by molar-refractivity contribution is 5.14. The number of rotatable bonds is 6. The molecule has 0 saturated heterocycles. The summed E-state index contributed by atoms with van der Waals surface area (Å²) >= 11 is 0. The molecule has 2 N–H and O–H groups in total. The van der Waals surface area contributed by atoms with Crippen LogP contribution in [0, 0.1) is 0 Å². The summed E-state index contributed by atoms with van der Waals surface area (Å²) in [6, 6.07) is 10.2. The van der Waals surface area contributed by atoms with E-state index in [0.717, 1.165) is 12.8 Å². The fourth-order valence-corrected chi connectivity index (χ4v) is 1.64. The molecule has 0 aliphatic rings. The number of aryl methyl sites for hydroxylation is 1. The van der Waals surface area contributed by atoms with Crippen molar-refractivity contribution < 1.29 is 10.2 Å². The Balaban J connectivity index is 2.35. The third-order valence-corrected chi connectivity index (χ3v) is 2.67. The van der Waals surface area contributed by atoms with Crippen molar-refractivity contribution in [3.8, 4) is 0 Å². The van der Waals surface area contributed by atoms with Crippen molar-refractivity contribution in [2.45, 2.75) is 38.2 Å². The van der Waals surface area contributed by atoms with Crippen LogP contribution in [0.15, 0.2) is 30.3 Å². The molecule has 0 spiro atoms. The van der Waals surface area contributed by atoms with Crippen molar-refractivity contribution >= 4 is 0 Å². The van der Waals surface area contributed by atoms with Crippen molar-refractivity contribution in [2.75, 3.05) is 6.61 Å². The quantitative estimate of drug-likeness (QED) is 0.752. The van der Waals surface area contributed by atoms with Crippen molar-refractivity contribution in [2.24, 2.45) is 0 Å². The highest BCUT2D eigenvalue weighted by Crippen LogP contribution is 2.19. The van der Waals surface area contributed by atoms with Crippen LogP contribution in [0.3, 0.4) is 0 Å². The molecule has 84 valence electrons. The molecule has 0 aliphatic heterocycles. The molecule has 0 bridgehead atoms. The second-order valence-electron chi connectivity index (χ2n) is 4.31. The molecule has 0 aliphatic carbocycles. The number of aliphatic hydroxyl groups is 2. The van der Waals surface area contributed by atoms with Gasteiger partial charge in [-0.3, -0.25) is 0 Å². The monoisotopic (exact) mass is 208 g/mol. The average Bonchev–Trinajstić information content (AvgIpc) is 2.25. The van der Waals surface area contributed by atoms with Gasteiger partial charge in [0.2, 0.25) is 0 Å². The van der Waals surface area contributed by atoms with E-state index in [0.29, 0.717) is 12.8 Å². The van der Waals surface area contributed by atoms with Gasteiger partial charge in [0, 0.05) is 6.61 Å². The number of benzene rings is 1. The number of aliphatic hydroxyl groups excluding tert-OH is 1. The molecule has 0 heterocycles. The van der Waals surface area contributed by atoms with Gasteiger partial charge < -0.3 is 10.2 Å². The minimum Gasteiger partial charge on any atom is -0.396 e. The predicted octanol–water partition coefficient (Wildman–Crippen LogP) is 2.14. The number of hydrogen-bond acceptors (Lipinski definition) is 2. The maximum Gasteiger partial charge on any atom is 0.0623 e. The van der Waals surface area contributed by atoms with Crippen molar-refractivity contribution in [1.29, 1.82) is 0 Å². The van der Waals surface area contributed by atoms with Gasteiger partial charge >= 0.3 is 0 Å². The van der Waals surface area contributed by atoms with E-state index in [1.54, 1.807) is 0 Å². The summed E-state index contributed by atoms with van der Waals surface area (Å²) in [5.74, 6) is 0. The average molecular weight is 208 g/mol. The Hall–Kier alpha value is -0.860. The van der Waals surface area contributed by atoms with Gasteiger partial charge in [-0.25, -0.2) is 0 Å². The maximum absolute atomic E-state index is 10.00. The lowest BCUT2D eigenvalue weighted by Crippen LogP contribution is -2.25. The first-order chi connectivity index (χ1) is 7.14. The summed E-state index contributed by atoms with van der Waals surface area (Å²) in [4.78, 5) is 0. The lowest BCUT2D eigenvalue weighted by Gasteiger charge is -2.22. The number of hydrogen-bond donors (Lipinski definition) is 2. The SMILES string of the molecule is CC(O)(CCCO)CCc1ccccc1. The van der Waals surface area contributed by atoms with Crippen LogP contribution in [0.4, 0.5) is 0 Å². The van der Waals surface area contributed by atoms with Crippen LogP contribution < -0.4 is 0 Å². The zero-order valence-electron chi connectivity index (χ0n) is 9.32. The molecule has 2 nitrogen and oxygen atoms in total. The first-order valence-electron chi connectivity index (χ1n) is 5.51. The fourth-order valence-electron chi connectivity index (χ4n) is 1.64. The van der Waals surface area contributed by atoms with E-state index < -0.39 is 5.60 Å². The first kappa shape index (κ1) is 12.2. The van der Waals surface area contributed by atoms with E-state index in [1.807, 2.05) is 25.1 Å². The molecule has 0 aromatic heterocycles. The molecule has 15 heavy (non-hydrogen) atoms. The van der Waals surface area contributed by atoms with Crippen LogP contribution in [-0.4, -0.2) is 22.4 Å². The Morgan fingerprint density at radius 3 is 2.40 bits per heavy atom. The van der Waals surface area contributed by atoms with Crippen LogP contribution >= 0.6 is 0 Å². The molecular weight excluding hydrogens is 188 g/mol. The van der Waals surface area contributed by atoms with E-state index in [-0.39, 0.29) is 6.61 Å². The third-order valence-electron chi connectivity index (χ3n) is 2.67. The second-order valence-corrected chi connectivity index (χ2v) is 4.31. The third kappa shape index (κ3) is 4.96. The summed E-state index contributed by atoms with van der Waals surface area (Å²) in [5, 5.41) is 18.7. The largest absolute Gasteiger partial charge is 0.396 e. The lowest BCUT2D eigenvalue weighted by atomic mass is 9.92. The van der Waals surface area contributed by atoms with Crippen molar-refractivity contribution in [3.05, 3.63) is 35.9 Å². The van der Waals surface area contributed by atoms with Gasteiger partial charge in [-0.05, 0) is 38.2 Å². The molecular formula is C13H20O2. The van der Waals surface area contributed by atoms with Gasteiger partial charge in [-0.2, -0.15) is 0 Å². The van der Waals surface area contributed by atoms with Gasteiger partial charge in [0.15, 0.2) is 0 Å². The molecule has 0 amide bonds. The highest BCUT2D eigenvalue weighted by Gasteiger charge is 2.18. The summed E-state index contributed by atoms with van der Waals surface area (Å²) < 4.78 is 0. The summed E-state index contributed by atoms with van der Waals surface area (Å²) in [5.41, 5.74) is 0.597. The van der Waals surface area contributed by atoms with Crippen LogP contribution in [0.1, 0.15) is 31.7 Å². The second kappa shape index (κ2) is 5.89. The molecule has 0 radical (unpaired) electrons. The Labute approximate surface area is 91.6 Å². The minimum absolute atomic E-state index is 0.154. The molecule has 0 saturated carbocycles. The Kier molecular flexibility index (Phi) is 4.79. The van der Waals surface area contributed by atoms with E-state index in [9.17, 15) is 5.11 Å². The van der Waals surface area contributed by atoms with Gasteiger partial charge in [0.05, 0.1) is 5.60 Å². The molecule has 0 fully saturated rings. The molecule has 1 aromatic rings. The topological polar surface area (TPSA) is 40.5 Å². The Morgan fingerprint density at radius 2 is 1.80 bits per heavy atom. The summed E-state index contributed by atoms with van der Waals surface area (Å²) in [6.07, 6.45) is 2.97. The fraction of sp³-hybridized carbons (Fsp3) is 0.538. The van der Waals surface area contributed by atoms with Gasteiger partial charge in [0.25, 0.3) is 0 Å². The molecule has 1 rings (SSSR count). The highest BCUT2D eigenvalue weighted by atomic mass is 16.3. The maximum atomic E-state index is 10.00. The van der Waals surface area contributed by atoms with Crippen molar-refractivity contribution in [3.63, 3.8) is 0 Å². The summed E-state index contributed by atoms with van der Waals surface area (Å²) in [7, 11) is 0. The molecule has 1 unspecified atom stereocenters. The van der Waals surface area contributed by atoms with E-state index >= 15 is 0 Å². The normalized spacial score (nSPS) is 14.9. The predicted molar refractivity (Wildman–Crippen MR) is 61.7 cm³/mol. The van der Waals surface area contributed by atoms with Crippen molar-refractivity contribution in [1.82, 2.24) is 0 Å². The van der Waals surface area contributed by atoms with E-state index in [1.165, 1.54) is 5.56 Å². The first-order valence-corrected chi connectivity index (χ1v) is 5.51. The summed E-state index contributed by atoms with van der Waals surface area (Å²) in [6.45, 7) is 1.99. The van der Waals surface area contributed by atoms with Crippen LogP contribution in [0.25, 0.3) is 0 Å². The molecule has 2 heteroatoms. The van der Waals surface area contributed by atoms with Gasteiger partial charge in [-0.15, -0.1) is 0 Å². The zero-order chi connectivity index (χ0) is 11.1. The lowest BCUT2D eigenvalue weighted by molar-refractivity contribution is 0.0355. The van der Waals surface area contributed by atoms with Gasteiger partial charge in [0.1, 0.15) is 0 Å². The van der Waals surface area contributed by atoms with Crippen LogP contribution in [0.2, 0.25) is 0 Å². The van der Waals surface area contributed by atoms with Gasteiger partial charge in [-0.1, -0.05) is 30.3 Å². The molecule has 1 atom stereocenters. The smallest absolute Gasteiger partial charge is 0.0623 e. The molecule has 1 aromatic carbocycles. The van der Waals surface area contributed by atoms with Crippen LogP contribution in [0.5, 0.6) is 0 Å². The Morgan fingerprint density at radius 1 is 1.13 bits per heavy atom. The standard InChI is InChI=1S/C13H20O2/c1-13(15,9-5-11-14)10-8-12-6-3-2-4-7-12/h2-4,6-7,14-15H,5,8-11H2,1H3. The zero-order valence-corrected chi connectivity index (χ0v) is 9.32. The van der Waals surface area contributed by atoms with Crippen LogP contribution in [-0.2, 0) is 6.42 Å². The van der Waals surface area contributed by atoms with E-state index in [2.05, 4.69) is 12.1 Å². The minimum atomic E-state index is -0.654.